The zero-order valence-electron chi connectivity index (χ0n) is 9.69. The lowest BCUT2D eigenvalue weighted by Crippen LogP contribution is -2.31. The highest BCUT2D eigenvalue weighted by Gasteiger charge is 2.27. The number of hydrogen-bond acceptors (Lipinski definition) is 2. The van der Waals surface area contributed by atoms with Crippen LogP contribution in [-0.2, 0) is 10.8 Å². The molecule has 0 aromatic heterocycles. The average Bonchev–Trinajstić information content (AvgIpc) is 3.14. The molecule has 2 rings (SSSR count). The first kappa shape index (κ1) is 11.8. The van der Waals surface area contributed by atoms with E-state index in [1.54, 1.807) is 0 Å². The second-order valence-corrected chi connectivity index (χ2v) is 6.01. The van der Waals surface area contributed by atoms with Crippen LogP contribution in [0.3, 0.4) is 0 Å². The summed E-state index contributed by atoms with van der Waals surface area (Å²) in [6.07, 6.45) is 2.71. The molecule has 0 saturated heterocycles. The van der Waals surface area contributed by atoms with E-state index in [2.05, 4.69) is 12.2 Å². The third-order valence-electron chi connectivity index (χ3n) is 3.09. The van der Waals surface area contributed by atoms with Crippen LogP contribution >= 0.6 is 0 Å². The first-order chi connectivity index (χ1) is 7.77. The van der Waals surface area contributed by atoms with Crippen LogP contribution in [0.15, 0.2) is 35.2 Å². The molecule has 1 saturated carbocycles. The molecule has 0 aliphatic heterocycles. The van der Waals surface area contributed by atoms with Gasteiger partial charge < -0.3 is 5.32 Å². The van der Waals surface area contributed by atoms with E-state index in [4.69, 9.17) is 0 Å². The van der Waals surface area contributed by atoms with Crippen molar-refractivity contribution in [3.8, 4) is 0 Å². The highest BCUT2D eigenvalue weighted by molar-refractivity contribution is 7.85. The second kappa shape index (κ2) is 5.60. The Morgan fingerprint density at radius 2 is 2.06 bits per heavy atom. The first-order valence-corrected chi connectivity index (χ1v) is 7.26. The summed E-state index contributed by atoms with van der Waals surface area (Å²) in [7, 11) is -0.855. The minimum absolute atomic E-state index is 0.591. The van der Waals surface area contributed by atoms with Crippen LogP contribution in [0, 0.1) is 5.92 Å². The Hall–Kier alpha value is -0.670. The van der Waals surface area contributed by atoms with Crippen LogP contribution in [0.25, 0.3) is 0 Å². The van der Waals surface area contributed by atoms with Crippen molar-refractivity contribution in [2.24, 2.45) is 5.92 Å². The fourth-order valence-corrected chi connectivity index (χ4v) is 2.83. The number of rotatable bonds is 6. The summed E-state index contributed by atoms with van der Waals surface area (Å²) in [4.78, 5) is 0.934. The predicted octanol–water partition coefficient (Wildman–Crippen LogP) is 2.18. The molecular formula is C13H19NOS. The van der Waals surface area contributed by atoms with Crippen molar-refractivity contribution in [2.75, 3.05) is 12.3 Å². The minimum atomic E-state index is -0.855. The Balaban J connectivity index is 1.71. The zero-order chi connectivity index (χ0) is 11.4. The van der Waals surface area contributed by atoms with Gasteiger partial charge in [0.1, 0.15) is 0 Å². The van der Waals surface area contributed by atoms with Gasteiger partial charge in [0.15, 0.2) is 0 Å². The average molecular weight is 237 g/mol. The van der Waals surface area contributed by atoms with Crippen molar-refractivity contribution in [3.05, 3.63) is 30.3 Å². The van der Waals surface area contributed by atoms with E-state index in [9.17, 15) is 4.21 Å². The van der Waals surface area contributed by atoms with E-state index in [1.165, 1.54) is 12.8 Å². The van der Waals surface area contributed by atoms with Gasteiger partial charge in [0, 0.05) is 23.2 Å². The van der Waals surface area contributed by atoms with Gasteiger partial charge in [0.05, 0.1) is 10.8 Å². The summed E-state index contributed by atoms with van der Waals surface area (Å²) in [5, 5.41) is 3.45. The fourth-order valence-electron chi connectivity index (χ4n) is 1.83. The summed E-state index contributed by atoms with van der Waals surface area (Å²) in [5.41, 5.74) is 0. The molecule has 3 heteroatoms. The van der Waals surface area contributed by atoms with Gasteiger partial charge in [-0.1, -0.05) is 18.2 Å². The quantitative estimate of drug-likeness (QED) is 0.821. The lowest BCUT2D eigenvalue weighted by molar-refractivity contribution is 0.513. The van der Waals surface area contributed by atoms with E-state index in [0.29, 0.717) is 11.8 Å². The number of benzene rings is 1. The normalized spacial score (nSPS) is 19.3. The minimum Gasteiger partial charge on any atom is -0.313 e. The molecule has 0 amide bonds. The molecule has 1 N–H and O–H groups in total. The van der Waals surface area contributed by atoms with Crippen LogP contribution in [0.1, 0.15) is 19.8 Å². The molecule has 2 atom stereocenters. The molecule has 1 aromatic carbocycles. The topological polar surface area (TPSA) is 29.1 Å². The lowest BCUT2D eigenvalue weighted by Gasteiger charge is -2.12. The summed E-state index contributed by atoms with van der Waals surface area (Å²) in [6, 6.07) is 10.3. The van der Waals surface area contributed by atoms with Gasteiger partial charge in [0.2, 0.25) is 0 Å². The SMILES string of the molecule is CC(NCCS(=O)c1ccccc1)C1CC1. The monoisotopic (exact) mass is 237 g/mol. The maximum absolute atomic E-state index is 11.9. The van der Waals surface area contributed by atoms with Crippen LogP contribution in [0.4, 0.5) is 0 Å². The van der Waals surface area contributed by atoms with Crippen LogP contribution in [0.2, 0.25) is 0 Å². The Bertz CT molecular complexity index is 348. The van der Waals surface area contributed by atoms with E-state index in [-0.39, 0.29) is 0 Å². The maximum Gasteiger partial charge on any atom is 0.0542 e. The Morgan fingerprint density at radius 3 is 2.69 bits per heavy atom. The maximum atomic E-state index is 11.9. The smallest absolute Gasteiger partial charge is 0.0542 e. The van der Waals surface area contributed by atoms with Gasteiger partial charge in [-0.3, -0.25) is 4.21 Å². The summed E-state index contributed by atoms with van der Waals surface area (Å²) < 4.78 is 11.9. The Morgan fingerprint density at radius 1 is 1.38 bits per heavy atom. The third-order valence-corrected chi connectivity index (χ3v) is 4.46. The van der Waals surface area contributed by atoms with E-state index >= 15 is 0 Å². The molecule has 0 radical (unpaired) electrons. The van der Waals surface area contributed by atoms with Gasteiger partial charge in [-0.2, -0.15) is 0 Å². The predicted molar refractivity (Wildman–Crippen MR) is 67.9 cm³/mol. The van der Waals surface area contributed by atoms with Gasteiger partial charge >= 0.3 is 0 Å². The molecule has 2 nitrogen and oxygen atoms in total. The van der Waals surface area contributed by atoms with E-state index < -0.39 is 10.8 Å². The molecule has 88 valence electrons. The molecule has 2 unspecified atom stereocenters. The molecule has 1 aliphatic carbocycles. The Kier molecular flexibility index (Phi) is 4.13. The van der Waals surface area contributed by atoms with Crippen LogP contribution in [0.5, 0.6) is 0 Å². The lowest BCUT2D eigenvalue weighted by atomic mass is 10.2. The zero-order valence-corrected chi connectivity index (χ0v) is 10.5. The van der Waals surface area contributed by atoms with Crippen LogP contribution in [-0.4, -0.2) is 22.5 Å². The molecular weight excluding hydrogens is 218 g/mol. The summed E-state index contributed by atoms with van der Waals surface area (Å²) >= 11 is 0. The van der Waals surface area contributed by atoms with E-state index in [0.717, 1.165) is 17.4 Å². The standard InChI is InChI=1S/C13H19NOS/c1-11(12-7-8-12)14-9-10-16(15)13-5-3-2-4-6-13/h2-6,11-12,14H,7-10H2,1H3. The summed E-state index contributed by atoms with van der Waals surface area (Å²) in [6.45, 7) is 3.07. The van der Waals surface area contributed by atoms with Crippen molar-refractivity contribution in [2.45, 2.75) is 30.7 Å². The van der Waals surface area contributed by atoms with Crippen molar-refractivity contribution < 1.29 is 4.21 Å². The summed E-state index contributed by atoms with van der Waals surface area (Å²) in [5.74, 6) is 1.58. The molecule has 0 bridgehead atoms. The Labute approximate surface area is 99.9 Å². The van der Waals surface area contributed by atoms with E-state index in [1.807, 2.05) is 30.3 Å². The molecule has 0 spiro atoms. The third kappa shape index (κ3) is 3.42. The van der Waals surface area contributed by atoms with Crippen molar-refractivity contribution >= 4 is 10.8 Å². The molecule has 1 aliphatic rings. The number of nitrogens with one attached hydrogen (secondary N) is 1. The van der Waals surface area contributed by atoms with Crippen molar-refractivity contribution in [1.82, 2.24) is 5.32 Å². The highest BCUT2D eigenvalue weighted by atomic mass is 32.2. The fraction of sp³-hybridized carbons (Fsp3) is 0.538. The van der Waals surface area contributed by atoms with Gasteiger partial charge in [0.25, 0.3) is 0 Å². The van der Waals surface area contributed by atoms with Crippen molar-refractivity contribution in [1.29, 1.82) is 0 Å². The molecule has 1 fully saturated rings. The van der Waals surface area contributed by atoms with Gasteiger partial charge in [-0.05, 0) is 37.8 Å². The van der Waals surface area contributed by atoms with Gasteiger partial charge in [-0.25, -0.2) is 0 Å². The van der Waals surface area contributed by atoms with Gasteiger partial charge in [-0.15, -0.1) is 0 Å². The molecule has 16 heavy (non-hydrogen) atoms. The first-order valence-electron chi connectivity index (χ1n) is 5.94. The second-order valence-electron chi connectivity index (χ2n) is 4.44. The van der Waals surface area contributed by atoms with Crippen molar-refractivity contribution in [3.63, 3.8) is 0 Å². The molecule has 1 aromatic rings. The number of hydrogen-bond donors (Lipinski definition) is 1. The van der Waals surface area contributed by atoms with Crippen LogP contribution < -0.4 is 5.32 Å². The molecule has 0 heterocycles. The highest BCUT2D eigenvalue weighted by Crippen LogP contribution is 2.32. The largest absolute Gasteiger partial charge is 0.313 e.